The number of halogens is 1. The molecule has 0 amide bonds. The molecule has 0 heterocycles. The fourth-order valence-electron chi connectivity index (χ4n) is 0.325. The largest absolute Gasteiger partial charge is 0.325 e. The van der Waals surface area contributed by atoms with Crippen molar-refractivity contribution in [2.75, 3.05) is 0 Å². The molecule has 44 valence electrons. The van der Waals surface area contributed by atoms with Gasteiger partial charge in [-0.3, -0.25) is 0 Å². The fourth-order valence-corrected chi connectivity index (χ4v) is 0.325. The lowest BCUT2D eigenvalue weighted by Crippen LogP contribution is -2.28. The second kappa shape index (κ2) is 2.97. The van der Waals surface area contributed by atoms with Crippen LogP contribution in [-0.4, -0.2) is 12.2 Å². The van der Waals surface area contributed by atoms with Crippen LogP contribution in [0.25, 0.3) is 0 Å². The van der Waals surface area contributed by atoms with Gasteiger partial charge in [0.05, 0.1) is 0 Å². The lowest BCUT2D eigenvalue weighted by atomic mass is 10.2. The highest BCUT2D eigenvalue weighted by Gasteiger charge is 2.05. The maximum atomic E-state index is 12.0. The average Bonchev–Trinajstić information content (AvgIpc) is 1.65. The molecule has 0 aromatic carbocycles. The predicted octanol–water partition coefficient (Wildman–Crippen LogP) is 1.08. The molecule has 2 heteroatoms. The zero-order valence-electron chi connectivity index (χ0n) is 4.82. The van der Waals surface area contributed by atoms with Gasteiger partial charge >= 0.3 is 0 Å². The van der Waals surface area contributed by atoms with Crippen molar-refractivity contribution in [2.45, 2.75) is 32.5 Å². The van der Waals surface area contributed by atoms with Crippen molar-refractivity contribution in [3.05, 3.63) is 0 Å². The number of nitrogens with two attached hydrogens (primary N) is 1. The molecule has 0 radical (unpaired) electrons. The Bertz CT molecular complexity index is 45.3. The minimum atomic E-state index is -0.856. The normalized spacial score (nSPS) is 18.9. The topological polar surface area (TPSA) is 26.0 Å². The number of hydrogen-bond donors (Lipinski definition) is 1. The van der Waals surface area contributed by atoms with Crippen LogP contribution in [-0.2, 0) is 0 Å². The van der Waals surface area contributed by atoms with Gasteiger partial charge in [0.15, 0.2) is 0 Å². The highest BCUT2D eigenvalue weighted by atomic mass is 19.1. The van der Waals surface area contributed by atoms with Crippen LogP contribution in [0, 0.1) is 0 Å². The Morgan fingerprint density at radius 1 is 1.71 bits per heavy atom. The molecule has 0 aromatic heterocycles. The van der Waals surface area contributed by atoms with E-state index < -0.39 is 6.17 Å². The highest BCUT2D eigenvalue weighted by molar-refractivity contribution is 4.63. The summed E-state index contributed by atoms with van der Waals surface area (Å²) in [6.07, 6.45) is -0.137. The van der Waals surface area contributed by atoms with Gasteiger partial charge in [0, 0.05) is 6.04 Å². The summed E-state index contributed by atoms with van der Waals surface area (Å²) in [7, 11) is 0. The molecule has 0 aliphatic rings. The van der Waals surface area contributed by atoms with E-state index in [9.17, 15) is 4.39 Å². The summed E-state index contributed by atoms with van der Waals surface area (Å²) in [5.74, 6) is 0. The summed E-state index contributed by atoms with van der Waals surface area (Å²) >= 11 is 0. The molecule has 1 nitrogen and oxygen atoms in total. The van der Waals surface area contributed by atoms with E-state index in [1.165, 1.54) is 6.92 Å². The first-order valence-electron chi connectivity index (χ1n) is 2.58. The Morgan fingerprint density at radius 3 is 2.14 bits per heavy atom. The Labute approximate surface area is 43.7 Å². The second-order valence-corrected chi connectivity index (χ2v) is 1.75. The van der Waals surface area contributed by atoms with Gasteiger partial charge in [-0.25, -0.2) is 4.39 Å². The second-order valence-electron chi connectivity index (χ2n) is 1.75. The van der Waals surface area contributed by atoms with Crippen molar-refractivity contribution in [1.82, 2.24) is 0 Å². The minimum absolute atomic E-state index is 0.264. The van der Waals surface area contributed by atoms with E-state index in [0.29, 0.717) is 0 Å². The third-order valence-corrected chi connectivity index (χ3v) is 1.06. The third-order valence-electron chi connectivity index (χ3n) is 1.06. The van der Waals surface area contributed by atoms with Crippen molar-refractivity contribution in [2.24, 2.45) is 5.73 Å². The van der Waals surface area contributed by atoms with E-state index in [1.807, 2.05) is 6.92 Å². The quantitative estimate of drug-likeness (QED) is 0.558. The third kappa shape index (κ3) is 2.57. The first kappa shape index (κ1) is 6.89. The molecule has 0 aliphatic carbocycles. The van der Waals surface area contributed by atoms with Gasteiger partial charge < -0.3 is 5.73 Å². The summed E-state index contributed by atoms with van der Waals surface area (Å²) in [5.41, 5.74) is 5.24. The average molecular weight is 105 g/mol. The van der Waals surface area contributed by atoms with Crippen molar-refractivity contribution in [3.63, 3.8) is 0 Å². The van der Waals surface area contributed by atoms with Crippen molar-refractivity contribution >= 4 is 0 Å². The van der Waals surface area contributed by atoms with Gasteiger partial charge in [-0.1, -0.05) is 6.92 Å². The zero-order chi connectivity index (χ0) is 5.86. The van der Waals surface area contributed by atoms with Crippen LogP contribution in [0.1, 0.15) is 20.3 Å². The van der Waals surface area contributed by atoms with Gasteiger partial charge in [-0.05, 0) is 13.3 Å². The Morgan fingerprint density at radius 2 is 2.14 bits per heavy atom. The van der Waals surface area contributed by atoms with E-state index in [2.05, 4.69) is 0 Å². The summed E-state index contributed by atoms with van der Waals surface area (Å²) < 4.78 is 12.0. The van der Waals surface area contributed by atoms with Crippen molar-refractivity contribution in [3.8, 4) is 0 Å². The molecule has 0 fully saturated rings. The zero-order valence-corrected chi connectivity index (χ0v) is 4.82. The molecular formula is C5H12FN. The fraction of sp³-hybridized carbons (Fsp3) is 1.00. The van der Waals surface area contributed by atoms with Crippen LogP contribution in [0.2, 0.25) is 0 Å². The molecule has 2 N–H and O–H groups in total. The Kier molecular flexibility index (Phi) is 2.92. The smallest absolute Gasteiger partial charge is 0.112 e. The Hall–Kier alpha value is -0.110. The summed E-state index contributed by atoms with van der Waals surface area (Å²) in [6.45, 7) is 3.36. The summed E-state index contributed by atoms with van der Waals surface area (Å²) in [5, 5.41) is 0. The van der Waals surface area contributed by atoms with Gasteiger partial charge in [-0.2, -0.15) is 0 Å². The molecule has 1 unspecified atom stereocenters. The molecule has 0 aromatic rings. The molecule has 0 saturated heterocycles. The molecule has 0 rings (SSSR count). The van der Waals surface area contributed by atoms with Crippen molar-refractivity contribution in [1.29, 1.82) is 0 Å². The maximum absolute atomic E-state index is 12.0. The van der Waals surface area contributed by atoms with E-state index in [4.69, 9.17) is 5.73 Å². The summed E-state index contributed by atoms with van der Waals surface area (Å²) in [6, 6.07) is -0.264. The first-order valence-corrected chi connectivity index (χ1v) is 2.58. The van der Waals surface area contributed by atoms with Crippen LogP contribution in [0.5, 0.6) is 0 Å². The van der Waals surface area contributed by atoms with Crippen LogP contribution in [0.15, 0.2) is 0 Å². The number of alkyl halides is 1. The van der Waals surface area contributed by atoms with E-state index in [-0.39, 0.29) is 6.04 Å². The van der Waals surface area contributed by atoms with Gasteiger partial charge in [0.2, 0.25) is 0 Å². The van der Waals surface area contributed by atoms with Crippen molar-refractivity contribution < 1.29 is 4.39 Å². The first-order chi connectivity index (χ1) is 3.18. The standard InChI is InChI=1S/C5H12FN/c1-3-5(7)4(2)6/h4-5H,3,7H2,1-2H3/t4-,5?/m1/s1. The lowest BCUT2D eigenvalue weighted by Gasteiger charge is -2.07. The monoisotopic (exact) mass is 105 g/mol. The molecule has 0 bridgehead atoms. The van der Waals surface area contributed by atoms with Gasteiger partial charge in [-0.15, -0.1) is 0 Å². The maximum Gasteiger partial charge on any atom is 0.112 e. The van der Waals surface area contributed by atoms with Gasteiger partial charge in [0.25, 0.3) is 0 Å². The van der Waals surface area contributed by atoms with Crippen LogP contribution < -0.4 is 5.73 Å². The van der Waals surface area contributed by atoms with E-state index in [0.717, 1.165) is 6.42 Å². The molecule has 0 aliphatic heterocycles. The number of rotatable bonds is 2. The van der Waals surface area contributed by atoms with E-state index >= 15 is 0 Å². The minimum Gasteiger partial charge on any atom is -0.325 e. The van der Waals surface area contributed by atoms with Crippen LogP contribution in [0.4, 0.5) is 4.39 Å². The predicted molar refractivity (Wildman–Crippen MR) is 28.8 cm³/mol. The van der Waals surface area contributed by atoms with E-state index in [1.54, 1.807) is 0 Å². The Balaban J connectivity index is 3.14. The molecular weight excluding hydrogens is 93.1 g/mol. The number of hydrogen-bond acceptors (Lipinski definition) is 1. The van der Waals surface area contributed by atoms with Crippen LogP contribution in [0.3, 0.4) is 0 Å². The molecule has 0 spiro atoms. The highest BCUT2D eigenvalue weighted by Crippen LogP contribution is 1.96. The lowest BCUT2D eigenvalue weighted by molar-refractivity contribution is 0.300. The SMILES string of the molecule is CCC(N)[C@@H](C)F. The summed E-state index contributed by atoms with van der Waals surface area (Å²) in [4.78, 5) is 0. The molecule has 2 atom stereocenters. The van der Waals surface area contributed by atoms with Crippen LogP contribution >= 0.6 is 0 Å². The molecule has 7 heavy (non-hydrogen) atoms. The molecule has 0 saturated carbocycles. The van der Waals surface area contributed by atoms with Gasteiger partial charge in [0.1, 0.15) is 6.17 Å².